The second-order valence-corrected chi connectivity index (χ2v) is 5.86. The van der Waals surface area contributed by atoms with E-state index in [1.807, 2.05) is 19.1 Å². The van der Waals surface area contributed by atoms with Crippen molar-refractivity contribution >= 4 is 0 Å². The molecule has 3 heteroatoms. The third-order valence-corrected chi connectivity index (χ3v) is 2.51. The maximum Gasteiger partial charge on any atom is 0.118 e. The fraction of sp³-hybridized carbons (Fsp3) is 0.714. The molecule has 1 heterocycles. The van der Waals surface area contributed by atoms with Crippen LogP contribution in [0.2, 0.25) is 0 Å². The summed E-state index contributed by atoms with van der Waals surface area (Å²) in [5.41, 5.74) is 0.261. The van der Waals surface area contributed by atoms with Gasteiger partial charge in [0.2, 0.25) is 0 Å². The monoisotopic (exact) mass is 239 g/mol. The van der Waals surface area contributed by atoms with Crippen LogP contribution in [0.15, 0.2) is 16.5 Å². The Kier molecular flexibility index (Phi) is 5.22. The first-order chi connectivity index (χ1) is 7.90. The highest BCUT2D eigenvalue weighted by atomic mass is 16.3. The van der Waals surface area contributed by atoms with Gasteiger partial charge in [0, 0.05) is 19.7 Å². The summed E-state index contributed by atoms with van der Waals surface area (Å²) in [6.45, 7) is 11.6. The summed E-state index contributed by atoms with van der Waals surface area (Å²) < 4.78 is 5.60. The molecular weight excluding hydrogens is 214 g/mol. The summed E-state index contributed by atoms with van der Waals surface area (Å²) in [4.78, 5) is 2.34. The molecule has 1 N–H and O–H groups in total. The summed E-state index contributed by atoms with van der Waals surface area (Å²) in [5.74, 6) is 1.96. The van der Waals surface area contributed by atoms with Gasteiger partial charge in [0.25, 0.3) is 0 Å². The van der Waals surface area contributed by atoms with Gasteiger partial charge in [0.1, 0.15) is 11.5 Å². The minimum absolute atomic E-state index is 0.248. The lowest BCUT2D eigenvalue weighted by Crippen LogP contribution is -2.33. The molecule has 0 saturated heterocycles. The molecule has 0 radical (unpaired) electrons. The average molecular weight is 239 g/mol. The Morgan fingerprint density at radius 2 is 2.00 bits per heavy atom. The Balaban J connectivity index is 2.56. The van der Waals surface area contributed by atoms with Gasteiger partial charge < -0.3 is 9.52 Å². The van der Waals surface area contributed by atoms with E-state index >= 15 is 0 Å². The molecule has 0 aromatic carbocycles. The van der Waals surface area contributed by atoms with Crippen molar-refractivity contribution in [1.82, 2.24) is 4.90 Å². The van der Waals surface area contributed by atoms with E-state index in [-0.39, 0.29) is 12.0 Å². The second kappa shape index (κ2) is 6.22. The van der Waals surface area contributed by atoms with E-state index in [9.17, 15) is 0 Å². The number of hydrogen-bond acceptors (Lipinski definition) is 3. The molecule has 0 fully saturated rings. The molecule has 0 spiro atoms. The second-order valence-electron chi connectivity index (χ2n) is 5.86. The predicted octanol–water partition coefficient (Wildman–Crippen LogP) is 2.82. The van der Waals surface area contributed by atoms with Gasteiger partial charge in [-0.15, -0.1) is 0 Å². The highest BCUT2D eigenvalue weighted by Crippen LogP contribution is 2.18. The van der Waals surface area contributed by atoms with Crippen LogP contribution in [-0.2, 0) is 6.54 Å². The standard InChI is InChI=1S/C14H25NO2/c1-12-6-7-13(17-12)10-15(8-5-9-16)11-14(2,3)4/h6-7,16H,5,8-11H2,1-4H3. The summed E-state index contributed by atoms with van der Waals surface area (Å²) in [6, 6.07) is 4.03. The minimum atomic E-state index is 0.248. The molecule has 1 aromatic rings. The van der Waals surface area contributed by atoms with E-state index in [4.69, 9.17) is 9.52 Å². The number of nitrogens with zero attached hydrogens (tertiary/aromatic N) is 1. The van der Waals surface area contributed by atoms with E-state index in [0.717, 1.165) is 37.6 Å². The minimum Gasteiger partial charge on any atom is -0.465 e. The number of rotatable bonds is 6. The molecule has 0 aliphatic rings. The average Bonchev–Trinajstić information content (AvgIpc) is 2.58. The largest absolute Gasteiger partial charge is 0.465 e. The zero-order valence-corrected chi connectivity index (χ0v) is 11.5. The molecule has 1 rings (SSSR count). The van der Waals surface area contributed by atoms with Crippen molar-refractivity contribution in [2.75, 3.05) is 19.7 Å². The predicted molar refractivity (Wildman–Crippen MR) is 69.9 cm³/mol. The number of aryl methyl sites for hydroxylation is 1. The summed E-state index contributed by atoms with van der Waals surface area (Å²) in [6.07, 6.45) is 0.815. The van der Waals surface area contributed by atoms with Crippen molar-refractivity contribution in [1.29, 1.82) is 0 Å². The van der Waals surface area contributed by atoms with E-state index in [1.54, 1.807) is 0 Å². The van der Waals surface area contributed by atoms with E-state index < -0.39 is 0 Å². The molecule has 98 valence electrons. The van der Waals surface area contributed by atoms with Crippen molar-refractivity contribution in [3.05, 3.63) is 23.7 Å². The summed E-state index contributed by atoms with van der Waals surface area (Å²) in [5, 5.41) is 8.93. The summed E-state index contributed by atoms with van der Waals surface area (Å²) in [7, 11) is 0. The quantitative estimate of drug-likeness (QED) is 0.829. The Morgan fingerprint density at radius 3 is 2.47 bits per heavy atom. The molecule has 0 bridgehead atoms. The van der Waals surface area contributed by atoms with Gasteiger partial charge in [0.15, 0.2) is 0 Å². The van der Waals surface area contributed by atoms with Crippen molar-refractivity contribution in [3.8, 4) is 0 Å². The fourth-order valence-corrected chi connectivity index (χ4v) is 1.97. The third-order valence-electron chi connectivity index (χ3n) is 2.51. The van der Waals surface area contributed by atoms with Crippen molar-refractivity contribution < 1.29 is 9.52 Å². The van der Waals surface area contributed by atoms with Crippen LogP contribution < -0.4 is 0 Å². The Hall–Kier alpha value is -0.800. The van der Waals surface area contributed by atoms with Crippen LogP contribution in [0.4, 0.5) is 0 Å². The van der Waals surface area contributed by atoms with Crippen LogP contribution in [0.25, 0.3) is 0 Å². The van der Waals surface area contributed by atoms with Gasteiger partial charge in [-0.2, -0.15) is 0 Å². The summed E-state index contributed by atoms with van der Waals surface area (Å²) >= 11 is 0. The highest BCUT2D eigenvalue weighted by molar-refractivity contribution is 5.05. The molecule has 0 atom stereocenters. The normalized spacial score (nSPS) is 12.4. The van der Waals surface area contributed by atoms with Crippen LogP contribution in [0, 0.1) is 12.3 Å². The maximum absolute atomic E-state index is 8.93. The van der Waals surface area contributed by atoms with Gasteiger partial charge in [-0.25, -0.2) is 0 Å². The van der Waals surface area contributed by atoms with Gasteiger partial charge in [-0.05, 0) is 30.9 Å². The molecular formula is C14H25NO2. The SMILES string of the molecule is Cc1ccc(CN(CCCO)CC(C)(C)C)o1. The maximum atomic E-state index is 8.93. The molecule has 0 unspecified atom stereocenters. The molecule has 3 nitrogen and oxygen atoms in total. The lowest BCUT2D eigenvalue weighted by Gasteiger charge is -2.29. The fourth-order valence-electron chi connectivity index (χ4n) is 1.97. The van der Waals surface area contributed by atoms with Crippen LogP contribution in [0.3, 0.4) is 0 Å². The smallest absolute Gasteiger partial charge is 0.118 e. The van der Waals surface area contributed by atoms with Crippen LogP contribution in [-0.4, -0.2) is 29.7 Å². The lowest BCUT2D eigenvalue weighted by molar-refractivity contribution is 0.156. The number of furan rings is 1. The van der Waals surface area contributed by atoms with Gasteiger partial charge in [-0.1, -0.05) is 20.8 Å². The third kappa shape index (κ3) is 5.89. The Labute approximate surface area is 104 Å². The van der Waals surface area contributed by atoms with Crippen LogP contribution in [0.1, 0.15) is 38.7 Å². The van der Waals surface area contributed by atoms with Crippen molar-refractivity contribution in [3.63, 3.8) is 0 Å². The zero-order chi connectivity index (χ0) is 12.9. The van der Waals surface area contributed by atoms with E-state index in [2.05, 4.69) is 25.7 Å². The van der Waals surface area contributed by atoms with Gasteiger partial charge in [-0.3, -0.25) is 4.90 Å². The molecule has 0 aliphatic carbocycles. The number of hydrogen-bond donors (Lipinski definition) is 1. The van der Waals surface area contributed by atoms with Gasteiger partial charge in [0.05, 0.1) is 6.54 Å². The Morgan fingerprint density at radius 1 is 1.29 bits per heavy atom. The van der Waals surface area contributed by atoms with Crippen LogP contribution >= 0.6 is 0 Å². The van der Waals surface area contributed by atoms with Crippen molar-refractivity contribution in [2.45, 2.75) is 40.7 Å². The highest BCUT2D eigenvalue weighted by Gasteiger charge is 2.17. The first-order valence-electron chi connectivity index (χ1n) is 6.29. The van der Waals surface area contributed by atoms with Gasteiger partial charge >= 0.3 is 0 Å². The zero-order valence-electron chi connectivity index (χ0n) is 11.5. The van der Waals surface area contributed by atoms with E-state index in [0.29, 0.717) is 0 Å². The first kappa shape index (κ1) is 14.3. The van der Waals surface area contributed by atoms with Crippen molar-refractivity contribution in [2.24, 2.45) is 5.41 Å². The first-order valence-corrected chi connectivity index (χ1v) is 6.29. The van der Waals surface area contributed by atoms with Crippen LogP contribution in [0.5, 0.6) is 0 Å². The Bertz CT molecular complexity index is 325. The molecule has 17 heavy (non-hydrogen) atoms. The number of aliphatic hydroxyl groups excluding tert-OH is 1. The number of aliphatic hydroxyl groups is 1. The lowest BCUT2D eigenvalue weighted by atomic mass is 9.96. The topological polar surface area (TPSA) is 36.6 Å². The molecule has 0 saturated carbocycles. The van der Waals surface area contributed by atoms with E-state index in [1.165, 1.54) is 0 Å². The molecule has 1 aromatic heterocycles. The molecule has 0 aliphatic heterocycles. The molecule has 0 amide bonds.